The highest BCUT2D eigenvalue weighted by Gasteiger charge is 2.55. The van der Waals surface area contributed by atoms with E-state index in [0.29, 0.717) is 11.3 Å². The molecule has 0 aliphatic carbocycles. The highest BCUT2D eigenvalue weighted by molar-refractivity contribution is 7.36. The van der Waals surface area contributed by atoms with E-state index < -0.39 is 50.9 Å². The average molecular weight is 517 g/mol. The molecular weight excluding hydrogens is 484 g/mol. The van der Waals surface area contributed by atoms with Gasteiger partial charge in [-0.1, -0.05) is 20.8 Å². The number of alkyl halides is 1. The number of aliphatic hydroxyl groups excluding tert-OH is 1. The van der Waals surface area contributed by atoms with E-state index in [1.807, 2.05) is 20.8 Å². The van der Waals surface area contributed by atoms with Crippen LogP contribution in [-0.2, 0) is 23.4 Å². The van der Waals surface area contributed by atoms with E-state index in [4.69, 9.17) is 19.7 Å². The maximum Gasteiger partial charge on any atom is 0.323 e. The molecule has 196 valence electrons. The summed E-state index contributed by atoms with van der Waals surface area (Å²) in [6.45, 7) is 8.21. The van der Waals surface area contributed by atoms with Gasteiger partial charge in [-0.25, -0.2) is 14.5 Å². The van der Waals surface area contributed by atoms with Crippen molar-refractivity contribution in [2.45, 2.75) is 64.8 Å². The van der Waals surface area contributed by atoms with Gasteiger partial charge in [0, 0.05) is 7.05 Å². The average Bonchev–Trinajstić information content (AvgIpc) is 3.27. The molecule has 3 rings (SSSR count). The van der Waals surface area contributed by atoms with Gasteiger partial charge in [0.2, 0.25) is 5.95 Å². The lowest BCUT2D eigenvalue weighted by Crippen LogP contribution is -2.40. The maximum atomic E-state index is 15.6. The zero-order chi connectivity index (χ0) is 26.1. The van der Waals surface area contributed by atoms with Crippen molar-refractivity contribution in [3.05, 3.63) is 6.33 Å². The van der Waals surface area contributed by atoms with E-state index in [-0.39, 0.29) is 23.6 Å². The van der Waals surface area contributed by atoms with Crippen LogP contribution in [0.3, 0.4) is 0 Å². The number of rotatable bonds is 9. The molecule has 3 heterocycles. The second-order valence-electron chi connectivity index (χ2n) is 9.76. The summed E-state index contributed by atoms with van der Waals surface area (Å²) in [6, 6.07) is -0.888. The molecule has 35 heavy (non-hydrogen) atoms. The van der Waals surface area contributed by atoms with Crippen molar-refractivity contribution in [1.29, 1.82) is 0 Å². The van der Waals surface area contributed by atoms with Gasteiger partial charge in [-0.2, -0.15) is 9.97 Å². The lowest BCUT2D eigenvalue weighted by Gasteiger charge is -2.24. The third kappa shape index (κ3) is 6.07. The number of fused-ring (bicyclic) bond motifs is 1. The van der Waals surface area contributed by atoms with E-state index in [9.17, 15) is 14.5 Å². The Morgan fingerprint density at radius 3 is 2.77 bits per heavy atom. The summed E-state index contributed by atoms with van der Waals surface area (Å²) in [5, 5.41) is 15.9. The van der Waals surface area contributed by atoms with Gasteiger partial charge in [-0.3, -0.25) is 13.9 Å². The number of anilines is 2. The van der Waals surface area contributed by atoms with Gasteiger partial charge >= 0.3 is 5.97 Å². The lowest BCUT2D eigenvalue weighted by molar-refractivity contribution is -0.148. The van der Waals surface area contributed by atoms with E-state index in [2.05, 4.69) is 25.4 Å². The normalized spacial score (nSPS) is 26.6. The molecule has 0 spiro atoms. The highest BCUT2D eigenvalue weighted by Crippen LogP contribution is 2.43. The fourth-order valence-electron chi connectivity index (χ4n) is 3.48. The monoisotopic (exact) mass is 517 g/mol. The SMILES string of the molecule is CNc1nc(N)nc2c1ncn2[C@@H]1O[C@H](CO[PH](=O)N[C@H](C)C(=O)OCC(C)(C)C)[C@@H](O)[C@@]1(C)F. The van der Waals surface area contributed by atoms with Crippen LogP contribution in [0.2, 0.25) is 0 Å². The summed E-state index contributed by atoms with van der Waals surface area (Å²) in [5.74, 6) is -0.280. The number of esters is 1. The smallest absolute Gasteiger partial charge is 0.323 e. The van der Waals surface area contributed by atoms with Crippen molar-refractivity contribution >= 4 is 37.1 Å². The van der Waals surface area contributed by atoms with Crippen molar-refractivity contribution in [3.63, 3.8) is 0 Å². The molecule has 0 saturated carbocycles. The number of nitrogens with two attached hydrogens (primary N) is 1. The Labute approximate surface area is 202 Å². The molecule has 1 fully saturated rings. The predicted molar refractivity (Wildman–Crippen MR) is 127 cm³/mol. The number of hydrogen-bond donors (Lipinski definition) is 4. The predicted octanol–water partition coefficient (Wildman–Crippen LogP) is 1.41. The molecular formula is C20H33FN7O6P. The highest BCUT2D eigenvalue weighted by atomic mass is 31.1. The van der Waals surface area contributed by atoms with Crippen molar-refractivity contribution < 1.29 is 32.9 Å². The Kier molecular flexibility index (Phi) is 8.02. The van der Waals surface area contributed by atoms with Crippen LogP contribution >= 0.6 is 8.18 Å². The van der Waals surface area contributed by atoms with E-state index in [1.165, 1.54) is 24.7 Å². The minimum Gasteiger partial charge on any atom is -0.464 e. The molecule has 1 aliphatic rings. The number of carbonyl (C=O) groups excluding carboxylic acids is 1. The third-order valence-electron chi connectivity index (χ3n) is 5.36. The van der Waals surface area contributed by atoms with Crippen molar-refractivity contribution in [1.82, 2.24) is 24.6 Å². The zero-order valence-corrected chi connectivity index (χ0v) is 21.5. The van der Waals surface area contributed by atoms with Gasteiger partial charge in [-0.15, -0.1) is 0 Å². The van der Waals surface area contributed by atoms with E-state index in [0.717, 1.165) is 0 Å². The summed E-state index contributed by atoms with van der Waals surface area (Å²) < 4.78 is 45.4. The summed E-state index contributed by atoms with van der Waals surface area (Å²) in [5.41, 5.74) is 3.83. The topological polar surface area (TPSA) is 176 Å². The fraction of sp³-hybridized carbons (Fsp3) is 0.700. The van der Waals surface area contributed by atoms with Gasteiger partial charge in [0.1, 0.15) is 18.2 Å². The molecule has 5 N–H and O–H groups in total. The molecule has 0 bridgehead atoms. The first-order valence-electron chi connectivity index (χ1n) is 11.0. The van der Waals surface area contributed by atoms with E-state index in [1.54, 1.807) is 7.05 Å². The van der Waals surface area contributed by atoms with Crippen molar-refractivity contribution in [2.75, 3.05) is 31.3 Å². The molecule has 0 amide bonds. The minimum atomic E-state index is -2.93. The van der Waals surface area contributed by atoms with Gasteiger partial charge in [0.25, 0.3) is 8.18 Å². The number of nitrogens with one attached hydrogen (secondary N) is 2. The number of aliphatic hydroxyl groups is 1. The maximum absolute atomic E-state index is 15.6. The molecule has 0 radical (unpaired) electrons. The van der Waals surface area contributed by atoms with Crippen molar-refractivity contribution in [3.8, 4) is 0 Å². The number of nitrogens with zero attached hydrogens (tertiary/aromatic N) is 4. The quantitative estimate of drug-likeness (QED) is 0.278. The Balaban J connectivity index is 1.65. The first-order valence-corrected chi connectivity index (χ1v) is 12.4. The van der Waals surface area contributed by atoms with Crippen molar-refractivity contribution in [2.24, 2.45) is 5.41 Å². The zero-order valence-electron chi connectivity index (χ0n) is 20.5. The third-order valence-corrected chi connectivity index (χ3v) is 6.46. The number of nitrogen functional groups attached to an aromatic ring is 1. The Hall–Kier alpha value is -2.38. The molecule has 2 aromatic heterocycles. The van der Waals surface area contributed by atoms with Crippen LogP contribution in [0.4, 0.5) is 16.2 Å². The number of hydrogen-bond acceptors (Lipinski definition) is 11. The second-order valence-corrected chi connectivity index (χ2v) is 10.9. The number of halogens is 1. The molecule has 15 heteroatoms. The van der Waals surface area contributed by atoms with Crippen LogP contribution in [0.1, 0.15) is 40.8 Å². The fourth-order valence-corrected chi connectivity index (χ4v) is 4.35. The molecule has 1 saturated heterocycles. The second kappa shape index (κ2) is 10.3. The van der Waals surface area contributed by atoms with Crippen LogP contribution in [-0.4, -0.2) is 74.8 Å². The number of ether oxygens (including phenoxy) is 2. The number of carbonyl (C=O) groups is 1. The van der Waals surface area contributed by atoms with Crippen LogP contribution in [0.25, 0.3) is 11.2 Å². The molecule has 1 unspecified atom stereocenters. The van der Waals surface area contributed by atoms with Gasteiger partial charge in [-0.05, 0) is 19.3 Å². The number of imidazole rings is 1. The lowest BCUT2D eigenvalue weighted by atomic mass is 9.98. The Bertz CT molecular complexity index is 1090. The summed E-state index contributed by atoms with van der Waals surface area (Å²) in [6.07, 6.45) is -2.78. The van der Waals surface area contributed by atoms with Gasteiger partial charge < -0.3 is 30.2 Å². The van der Waals surface area contributed by atoms with Crippen LogP contribution < -0.4 is 16.1 Å². The molecule has 6 atom stereocenters. The summed E-state index contributed by atoms with van der Waals surface area (Å²) in [4.78, 5) is 24.4. The minimum absolute atomic E-state index is 0.0533. The van der Waals surface area contributed by atoms with Crippen LogP contribution in [0.5, 0.6) is 0 Å². The standard InChI is InChI=1S/C20H33FN7O6P/c1-10(16(30)32-8-19(2,3)4)27-35(31)33-7-11-13(29)20(5,21)17(34-11)28-9-24-12-14(23-6)25-18(22)26-15(12)28/h9-11,13,17,29,35H,7-8H2,1-6H3,(H,27,31)(H3,22,23,25,26)/t10-,11-,13-,17-,20-/m1/s1. The Morgan fingerprint density at radius 1 is 1.46 bits per heavy atom. The van der Waals surface area contributed by atoms with Gasteiger partial charge in [0.15, 0.2) is 28.9 Å². The van der Waals surface area contributed by atoms with Gasteiger partial charge in [0.05, 0.1) is 19.5 Å². The molecule has 13 nitrogen and oxygen atoms in total. The number of aromatic nitrogens is 4. The molecule has 2 aromatic rings. The summed E-state index contributed by atoms with van der Waals surface area (Å²) in [7, 11) is -1.30. The molecule has 1 aliphatic heterocycles. The first kappa shape index (κ1) is 27.2. The van der Waals surface area contributed by atoms with Crippen LogP contribution in [0.15, 0.2) is 6.33 Å². The summed E-state index contributed by atoms with van der Waals surface area (Å²) >= 11 is 0. The Morgan fingerprint density at radius 2 is 2.14 bits per heavy atom. The molecule has 0 aromatic carbocycles. The van der Waals surface area contributed by atoms with Crippen LogP contribution in [0, 0.1) is 5.41 Å². The first-order chi connectivity index (χ1) is 16.2. The van der Waals surface area contributed by atoms with E-state index >= 15 is 4.39 Å². The largest absolute Gasteiger partial charge is 0.464 e.